The SMILES string of the molecule is COc1ccc(-c2nn3c(-c4ccccc4OC)nnc3s2)cc1. The van der Waals surface area contributed by atoms with Gasteiger partial charge in [-0.2, -0.15) is 9.61 Å². The lowest BCUT2D eigenvalue weighted by Crippen LogP contribution is -1.94. The van der Waals surface area contributed by atoms with Crippen LogP contribution in [0.1, 0.15) is 0 Å². The first-order valence-electron chi connectivity index (χ1n) is 7.30. The van der Waals surface area contributed by atoms with Crippen molar-refractivity contribution in [3.63, 3.8) is 0 Å². The number of fused-ring (bicyclic) bond motifs is 1. The van der Waals surface area contributed by atoms with E-state index in [2.05, 4.69) is 15.3 Å². The van der Waals surface area contributed by atoms with Crippen LogP contribution in [0.25, 0.3) is 26.9 Å². The van der Waals surface area contributed by atoms with Crippen molar-refractivity contribution in [1.82, 2.24) is 19.8 Å². The number of ether oxygens (including phenoxy) is 2. The summed E-state index contributed by atoms with van der Waals surface area (Å²) in [5, 5.41) is 14.0. The fourth-order valence-electron chi connectivity index (χ4n) is 2.46. The Bertz CT molecular complexity index is 991. The highest BCUT2D eigenvalue weighted by Gasteiger charge is 2.17. The summed E-state index contributed by atoms with van der Waals surface area (Å²) in [6, 6.07) is 15.5. The molecule has 4 rings (SSSR count). The van der Waals surface area contributed by atoms with Gasteiger partial charge in [0.25, 0.3) is 0 Å². The lowest BCUT2D eigenvalue weighted by molar-refractivity contribution is 0.415. The van der Waals surface area contributed by atoms with Crippen LogP contribution in [0.4, 0.5) is 0 Å². The third-order valence-electron chi connectivity index (χ3n) is 3.68. The molecule has 0 aliphatic heterocycles. The van der Waals surface area contributed by atoms with Crippen molar-refractivity contribution < 1.29 is 9.47 Å². The van der Waals surface area contributed by atoms with Crippen LogP contribution in [0, 0.1) is 0 Å². The van der Waals surface area contributed by atoms with E-state index in [0.717, 1.165) is 32.6 Å². The first-order chi connectivity index (χ1) is 11.8. The predicted octanol–water partition coefficient (Wildman–Crippen LogP) is 3.54. The van der Waals surface area contributed by atoms with Gasteiger partial charge in [0.05, 0.1) is 19.8 Å². The molecule has 2 aromatic heterocycles. The lowest BCUT2D eigenvalue weighted by atomic mass is 10.2. The maximum Gasteiger partial charge on any atom is 0.235 e. The summed E-state index contributed by atoms with van der Waals surface area (Å²) in [7, 11) is 3.29. The summed E-state index contributed by atoms with van der Waals surface area (Å²) < 4.78 is 12.4. The molecular formula is C17H14N4O2S. The average molecular weight is 338 g/mol. The Hall–Kier alpha value is -2.93. The van der Waals surface area contributed by atoms with Crippen LogP contribution in [0.15, 0.2) is 48.5 Å². The molecule has 0 bridgehead atoms. The minimum Gasteiger partial charge on any atom is -0.497 e. The molecule has 4 aromatic rings. The summed E-state index contributed by atoms with van der Waals surface area (Å²) in [4.78, 5) is 0.738. The first kappa shape index (κ1) is 14.6. The molecule has 0 aliphatic carbocycles. The molecule has 0 spiro atoms. The summed E-state index contributed by atoms with van der Waals surface area (Å²) >= 11 is 1.49. The van der Waals surface area contributed by atoms with Gasteiger partial charge < -0.3 is 9.47 Å². The van der Waals surface area contributed by atoms with E-state index in [1.807, 2.05) is 48.5 Å². The smallest absolute Gasteiger partial charge is 0.235 e. The third kappa shape index (κ3) is 2.39. The van der Waals surface area contributed by atoms with E-state index in [4.69, 9.17) is 9.47 Å². The summed E-state index contributed by atoms with van der Waals surface area (Å²) in [5.74, 6) is 2.22. The quantitative estimate of drug-likeness (QED) is 0.569. The van der Waals surface area contributed by atoms with Crippen LogP contribution in [0.3, 0.4) is 0 Å². The Balaban J connectivity index is 1.81. The molecule has 0 amide bonds. The highest BCUT2D eigenvalue weighted by molar-refractivity contribution is 7.19. The van der Waals surface area contributed by atoms with Crippen molar-refractivity contribution in [3.8, 4) is 33.5 Å². The fraction of sp³-hybridized carbons (Fsp3) is 0.118. The molecular weight excluding hydrogens is 324 g/mol. The standard InChI is InChI=1S/C17H14N4O2S/c1-22-12-9-7-11(8-10-12)16-20-21-15(18-19-17(21)24-16)13-5-3-4-6-14(13)23-2/h3-10H,1-2H3. The van der Waals surface area contributed by atoms with Gasteiger partial charge in [-0.05, 0) is 36.4 Å². The molecule has 2 aromatic carbocycles. The van der Waals surface area contributed by atoms with Gasteiger partial charge in [-0.15, -0.1) is 10.2 Å². The van der Waals surface area contributed by atoms with Crippen LogP contribution >= 0.6 is 11.3 Å². The van der Waals surface area contributed by atoms with Gasteiger partial charge in [-0.1, -0.05) is 23.5 Å². The molecule has 6 nitrogen and oxygen atoms in total. The Morgan fingerprint density at radius 3 is 2.46 bits per heavy atom. The van der Waals surface area contributed by atoms with Gasteiger partial charge in [-0.25, -0.2) is 0 Å². The highest BCUT2D eigenvalue weighted by atomic mass is 32.1. The van der Waals surface area contributed by atoms with Crippen LogP contribution in [0.5, 0.6) is 11.5 Å². The van der Waals surface area contributed by atoms with E-state index in [1.165, 1.54) is 11.3 Å². The molecule has 0 aliphatic rings. The van der Waals surface area contributed by atoms with E-state index >= 15 is 0 Å². The lowest BCUT2D eigenvalue weighted by Gasteiger charge is -2.04. The van der Waals surface area contributed by atoms with E-state index < -0.39 is 0 Å². The van der Waals surface area contributed by atoms with Crippen molar-refractivity contribution in [1.29, 1.82) is 0 Å². The molecule has 2 heterocycles. The topological polar surface area (TPSA) is 61.5 Å². The number of nitrogens with zero attached hydrogens (tertiary/aromatic N) is 4. The highest BCUT2D eigenvalue weighted by Crippen LogP contribution is 2.32. The Labute approximate surface area is 142 Å². The predicted molar refractivity (Wildman–Crippen MR) is 92.6 cm³/mol. The summed E-state index contributed by atoms with van der Waals surface area (Å²) in [5.41, 5.74) is 1.87. The number of methoxy groups -OCH3 is 2. The van der Waals surface area contributed by atoms with Crippen molar-refractivity contribution in [2.24, 2.45) is 0 Å². The second-order valence-electron chi connectivity index (χ2n) is 5.05. The van der Waals surface area contributed by atoms with Gasteiger partial charge in [0.1, 0.15) is 16.5 Å². The van der Waals surface area contributed by atoms with Crippen LogP contribution in [-0.2, 0) is 0 Å². The Kier molecular flexibility index (Phi) is 3.62. The number of hydrogen-bond donors (Lipinski definition) is 0. The maximum atomic E-state index is 5.42. The van der Waals surface area contributed by atoms with Gasteiger partial charge in [0, 0.05) is 5.56 Å². The minimum absolute atomic E-state index is 0.665. The molecule has 24 heavy (non-hydrogen) atoms. The largest absolute Gasteiger partial charge is 0.497 e. The molecule has 0 saturated heterocycles. The van der Waals surface area contributed by atoms with E-state index in [9.17, 15) is 0 Å². The molecule has 0 unspecified atom stereocenters. The number of para-hydroxylation sites is 1. The molecule has 0 radical (unpaired) electrons. The molecule has 0 atom stereocenters. The number of hydrogen-bond acceptors (Lipinski definition) is 6. The van der Waals surface area contributed by atoms with Crippen LogP contribution < -0.4 is 9.47 Å². The second-order valence-corrected chi connectivity index (χ2v) is 6.01. The number of benzene rings is 2. The second kappa shape index (κ2) is 5.93. The third-order valence-corrected chi connectivity index (χ3v) is 4.62. The zero-order chi connectivity index (χ0) is 16.5. The monoisotopic (exact) mass is 338 g/mol. The zero-order valence-corrected chi connectivity index (χ0v) is 13.9. The molecule has 7 heteroatoms. The van der Waals surface area contributed by atoms with Gasteiger partial charge in [0.15, 0.2) is 5.82 Å². The minimum atomic E-state index is 0.665. The molecule has 0 saturated carbocycles. The number of rotatable bonds is 4. The Morgan fingerprint density at radius 1 is 0.917 bits per heavy atom. The average Bonchev–Trinajstić information content (AvgIpc) is 3.22. The Morgan fingerprint density at radius 2 is 1.71 bits per heavy atom. The van der Waals surface area contributed by atoms with E-state index in [-0.39, 0.29) is 0 Å². The molecule has 0 N–H and O–H groups in total. The van der Waals surface area contributed by atoms with Crippen molar-refractivity contribution in [2.75, 3.05) is 14.2 Å². The van der Waals surface area contributed by atoms with E-state index in [0.29, 0.717) is 5.82 Å². The van der Waals surface area contributed by atoms with Gasteiger partial charge in [-0.3, -0.25) is 0 Å². The normalized spacial score (nSPS) is 10.9. The number of aromatic nitrogens is 4. The van der Waals surface area contributed by atoms with Crippen molar-refractivity contribution in [2.45, 2.75) is 0 Å². The van der Waals surface area contributed by atoms with Crippen LogP contribution in [0.2, 0.25) is 0 Å². The van der Waals surface area contributed by atoms with Gasteiger partial charge >= 0.3 is 0 Å². The van der Waals surface area contributed by atoms with Crippen LogP contribution in [-0.4, -0.2) is 34.0 Å². The van der Waals surface area contributed by atoms with E-state index in [1.54, 1.807) is 18.7 Å². The van der Waals surface area contributed by atoms with Crippen molar-refractivity contribution in [3.05, 3.63) is 48.5 Å². The molecule has 0 fully saturated rings. The van der Waals surface area contributed by atoms with Gasteiger partial charge in [0.2, 0.25) is 4.96 Å². The zero-order valence-electron chi connectivity index (χ0n) is 13.1. The summed E-state index contributed by atoms with van der Waals surface area (Å²) in [6.45, 7) is 0. The molecule has 120 valence electrons. The summed E-state index contributed by atoms with van der Waals surface area (Å²) in [6.07, 6.45) is 0. The first-order valence-corrected chi connectivity index (χ1v) is 8.12. The van der Waals surface area contributed by atoms with Crippen molar-refractivity contribution >= 4 is 16.3 Å². The fourth-order valence-corrected chi connectivity index (χ4v) is 3.31. The maximum absolute atomic E-state index is 5.42.